The lowest BCUT2D eigenvalue weighted by Crippen LogP contribution is -2.36. The number of aliphatic hydroxyl groups excluding tert-OH is 1. The van der Waals surface area contributed by atoms with E-state index in [1.54, 1.807) is 0 Å². The summed E-state index contributed by atoms with van der Waals surface area (Å²) in [7, 11) is 2.00. The number of hydrogen-bond donors (Lipinski definition) is 1. The first-order valence-electron chi connectivity index (χ1n) is 4.06. The van der Waals surface area contributed by atoms with Gasteiger partial charge in [0.15, 0.2) is 0 Å². The van der Waals surface area contributed by atoms with Gasteiger partial charge in [0.25, 0.3) is 0 Å². The fraction of sp³-hybridized carbons (Fsp3) is 1.00. The van der Waals surface area contributed by atoms with Crippen molar-refractivity contribution in [3.8, 4) is 0 Å². The third-order valence-electron chi connectivity index (χ3n) is 2.02. The van der Waals surface area contributed by atoms with Crippen molar-refractivity contribution in [3.05, 3.63) is 0 Å². The molecule has 0 rings (SSSR count). The molecule has 0 aliphatic carbocycles. The molecule has 1 N–H and O–H groups in total. The molecule has 3 heteroatoms. The fourth-order valence-electron chi connectivity index (χ4n) is 0.873. The first-order chi connectivity index (χ1) is 5.11. The highest BCUT2D eigenvalue weighted by Crippen LogP contribution is 2.01. The molecule has 0 aromatic heterocycles. The summed E-state index contributed by atoms with van der Waals surface area (Å²) >= 11 is 5.47. The van der Waals surface area contributed by atoms with Crippen LogP contribution in [0.5, 0.6) is 0 Å². The second-order valence-electron chi connectivity index (χ2n) is 3.00. The average molecular weight is 180 g/mol. The minimum Gasteiger partial charge on any atom is -0.391 e. The van der Waals surface area contributed by atoms with E-state index in [4.69, 9.17) is 11.6 Å². The first-order valence-corrected chi connectivity index (χ1v) is 4.59. The normalized spacial score (nSPS) is 16.9. The molecule has 0 bridgehead atoms. The van der Waals surface area contributed by atoms with Gasteiger partial charge in [-0.1, -0.05) is 6.92 Å². The molecule has 11 heavy (non-hydrogen) atoms. The molecule has 2 unspecified atom stereocenters. The molecular formula is C8H18ClNO. The first kappa shape index (κ1) is 11.2. The van der Waals surface area contributed by atoms with E-state index in [1.807, 2.05) is 7.05 Å². The maximum absolute atomic E-state index is 9.20. The van der Waals surface area contributed by atoms with Gasteiger partial charge in [0.2, 0.25) is 0 Å². The highest BCUT2D eigenvalue weighted by atomic mass is 35.5. The maximum Gasteiger partial charge on any atom is 0.0802 e. The monoisotopic (exact) mass is 179 g/mol. The van der Waals surface area contributed by atoms with E-state index >= 15 is 0 Å². The second kappa shape index (κ2) is 5.81. The van der Waals surface area contributed by atoms with Crippen molar-refractivity contribution in [3.63, 3.8) is 0 Å². The van der Waals surface area contributed by atoms with Crippen LogP contribution < -0.4 is 0 Å². The van der Waals surface area contributed by atoms with Crippen molar-refractivity contribution in [2.45, 2.75) is 32.4 Å². The van der Waals surface area contributed by atoms with E-state index < -0.39 is 6.10 Å². The topological polar surface area (TPSA) is 23.5 Å². The molecule has 0 amide bonds. The van der Waals surface area contributed by atoms with Crippen LogP contribution in [0.15, 0.2) is 0 Å². The van der Waals surface area contributed by atoms with Crippen LogP contribution in [0.2, 0.25) is 0 Å². The predicted molar refractivity (Wildman–Crippen MR) is 49.1 cm³/mol. The zero-order chi connectivity index (χ0) is 8.85. The van der Waals surface area contributed by atoms with Gasteiger partial charge in [-0.25, -0.2) is 0 Å². The van der Waals surface area contributed by atoms with Gasteiger partial charge in [0.05, 0.1) is 6.10 Å². The van der Waals surface area contributed by atoms with Crippen LogP contribution >= 0.6 is 11.6 Å². The van der Waals surface area contributed by atoms with Crippen LogP contribution in [0.1, 0.15) is 20.3 Å². The maximum atomic E-state index is 9.20. The Labute approximate surface area is 74.2 Å². The van der Waals surface area contributed by atoms with Gasteiger partial charge in [-0.15, -0.1) is 11.6 Å². The standard InChI is InChI=1S/C8H18ClNO/c1-4-7(2)10(3)6-8(11)5-9/h7-8,11H,4-6H2,1-3H3. The number of halogens is 1. The molecule has 68 valence electrons. The highest BCUT2D eigenvalue weighted by Gasteiger charge is 2.10. The highest BCUT2D eigenvalue weighted by molar-refractivity contribution is 6.18. The van der Waals surface area contributed by atoms with Crippen LogP contribution in [0.4, 0.5) is 0 Å². The molecule has 0 spiro atoms. The van der Waals surface area contributed by atoms with Gasteiger partial charge in [0.1, 0.15) is 0 Å². The smallest absolute Gasteiger partial charge is 0.0802 e. The Hall–Kier alpha value is 0.210. The summed E-state index contributed by atoms with van der Waals surface area (Å²) in [5.74, 6) is 0.320. The van der Waals surface area contributed by atoms with E-state index in [1.165, 1.54) is 0 Å². The van der Waals surface area contributed by atoms with Gasteiger partial charge < -0.3 is 10.0 Å². The van der Waals surface area contributed by atoms with E-state index in [9.17, 15) is 5.11 Å². The molecule has 0 heterocycles. The van der Waals surface area contributed by atoms with Crippen LogP contribution in [-0.4, -0.2) is 41.6 Å². The van der Waals surface area contributed by atoms with Gasteiger partial charge in [-0.05, 0) is 20.4 Å². The third-order valence-corrected chi connectivity index (χ3v) is 2.38. The van der Waals surface area contributed by atoms with Crippen LogP contribution in [0.3, 0.4) is 0 Å². The Balaban J connectivity index is 3.58. The summed E-state index contributed by atoms with van der Waals surface area (Å²) in [5, 5.41) is 9.20. The SMILES string of the molecule is CCC(C)N(C)CC(O)CCl. The number of likely N-dealkylation sites (N-methyl/N-ethyl adjacent to an activating group) is 1. The Morgan fingerprint density at radius 1 is 1.55 bits per heavy atom. The van der Waals surface area contributed by atoms with Crippen molar-refractivity contribution < 1.29 is 5.11 Å². The van der Waals surface area contributed by atoms with E-state index in [0.29, 0.717) is 18.5 Å². The summed E-state index contributed by atoms with van der Waals surface area (Å²) in [4.78, 5) is 2.12. The lowest BCUT2D eigenvalue weighted by Gasteiger charge is -2.25. The number of aliphatic hydroxyl groups is 1. The van der Waals surface area contributed by atoms with Crippen molar-refractivity contribution in [1.82, 2.24) is 4.90 Å². The third kappa shape index (κ3) is 4.62. The molecule has 0 saturated heterocycles. The fourth-order valence-corrected chi connectivity index (χ4v) is 0.970. The van der Waals surface area contributed by atoms with Crippen molar-refractivity contribution in [2.75, 3.05) is 19.5 Å². The van der Waals surface area contributed by atoms with Crippen molar-refractivity contribution >= 4 is 11.6 Å². The number of hydrogen-bond acceptors (Lipinski definition) is 2. The van der Waals surface area contributed by atoms with Crippen LogP contribution in [0.25, 0.3) is 0 Å². The van der Waals surface area contributed by atoms with Gasteiger partial charge >= 0.3 is 0 Å². The molecule has 0 saturated carbocycles. The molecule has 0 aromatic rings. The minimum atomic E-state index is -0.393. The van der Waals surface area contributed by atoms with E-state index in [-0.39, 0.29) is 0 Å². The summed E-state index contributed by atoms with van der Waals surface area (Å²) in [6.45, 7) is 4.94. The van der Waals surface area contributed by atoms with Gasteiger partial charge in [-0.2, -0.15) is 0 Å². The molecule has 0 aliphatic rings. The lowest BCUT2D eigenvalue weighted by molar-refractivity contribution is 0.122. The number of rotatable bonds is 5. The lowest BCUT2D eigenvalue weighted by atomic mass is 10.2. The average Bonchev–Trinajstić information content (AvgIpc) is 2.02. The van der Waals surface area contributed by atoms with Gasteiger partial charge in [-0.3, -0.25) is 0 Å². The molecule has 2 atom stereocenters. The second-order valence-corrected chi connectivity index (χ2v) is 3.31. The van der Waals surface area contributed by atoms with Crippen LogP contribution in [0, 0.1) is 0 Å². The zero-order valence-corrected chi connectivity index (χ0v) is 8.30. The summed E-state index contributed by atoms with van der Waals surface area (Å²) < 4.78 is 0. The molecule has 0 aliphatic heterocycles. The minimum absolute atomic E-state index is 0.320. The Morgan fingerprint density at radius 3 is 2.45 bits per heavy atom. The molecule has 0 radical (unpaired) electrons. The predicted octanol–water partition coefficient (Wildman–Crippen LogP) is 1.32. The quantitative estimate of drug-likeness (QED) is 0.644. The van der Waals surface area contributed by atoms with Crippen LogP contribution in [-0.2, 0) is 0 Å². The largest absolute Gasteiger partial charge is 0.391 e. The zero-order valence-electron chi connectivity index (χ0n) is 7.55. The van der Waals surface area contributed by atoms with Crippen molar-refractivity contribution in [2.24, 2.45) is 0 Å². The van der Waals surface area contributed by atoms with Crippen molar-refractivity contribution in [1.29, 1.82) is 0 Å². The molecule has 0 fully saturated rings. The molecule has 2 nitrogen and oxygen atoms in total. The van der Waals surface area contributed by atoms with Gasteiger partial charge in [0, 0.05) is 18.5 Å². The summed E-state index contributed by atoms with van der Waals surface area (Å²) in [6, 6.07) is 0.521. The summed E-state index contributed by atoms with van der Waals surface area (Å²) in [5.41, 5.74) is 0. The number of nitrogens with zero attached hydrogens (tertiary/aromatic N) is 1. The Morgan fingerprint density at radius 2 is 2.09 bits per heavy atom. The van der Waals surface area contributed by atoms with E-state index in [2.05, 4.69) is 18.7 Å². The Bertz CT molecular complexity index is 100. The molecule has 0 aromatic carbocycles. The van der Waals surface area contributed by atoms with E-state index in [0.717, 1.165) is 6.42 Å². The Kier molecular flexibility index (Phi) is 5.92. The number of alkyl halides is 1. The summed E-state index contributed by atoms with van der Waals surface area (Å²) in [6.07, 6.45) is 0.710. The molecular weight excluding hydrogens is 162 g/mol.